The third-order valence-electron chi connectivity index (χ3n) is 6.08. The quantitative estimate of drug-likeness (QED) is 0.745. The molecule has 3 atom stereocenters. The van der Waals surface area contributed by atoms with Crippen LogP contribution in [0.5, 0.6) is 0 Å². The number of amides is 2. The van der Waals surface area contributed by atoms with E-state index >= 15 is 0 Å². The van der Waals surface area contributed by atoms with E-state index in [1.165, 1.54) is 0 Å². The summed E-state index contributed by atoms with van der Waals surface area (Å²) < 4.78 is 0. The Morgan fingerprint density at radius 2 is 2.03 bits per heavy atom. The predicted octanol–water partition coefficient (Wildman–Crippen LogP) is 2.45. The Morgan fingerprint density at radius 3 is 2.79 bits per heavy atom. The molecule has 2 N–H and O–H groups in total. The van der Waals surface area contributed by atoms with Gasteiger partial charge in [0, 0.05) is 18.0 Å². The van der Waals surface area contributed by atoms with Crippen molar-refractivity contribution in [2.24, 2.45) is 5.10 Å². The van der Waals surface area contributed by atoms with Gasteiger partial charge in [-0.2, -0.15) is 5.10 Å². The Balaban J connectivity index is 1.45. The maximum absolute atomic E-state index is 13.2. The predicted molar refractivity (Wildman–Crippen MR) is 112 cm³/mol. The van der Waals surface area contributed by atoms with E-state index in [1.54, 1.807) is 11.0 Å². The molecule has 8 heteroatoms. The molecule has 1 aromatic rings. The summed E-state index contributed by atoms with van der Waals surface area (Å²) >= 11 is 6.17. The van der Waals surface area contributed by atoms with Gasteiger partial charge in [-0.05, 0) is 30.9 Å². The number of carbonyl (C=O) groups excluding carboxylic acids is 2. The molecule has 0 bridgehead atoms. The lowest BCUT2D eigenvalue weighted by molar-refractivity contribution is -0.152. The summed E-state index contributed by atoms with van der Waals surface area (Å²) in [5.41, 5.74) is 3.88. The number of halogens is 1. The molecule has 3 unspecified atom stereocenters. The van der Waals surface area contributed by atoms with Crippen LogP contribution in [-0.4, -0.2) is 52.2 Å². The number of nitrogens with one attached hydrogen (secondary N) is 2. The number of hydrogen-bond acceptors (Lipinski definition) is 5. The number of hydrazone groups is 1. The number of amidine groups is 1. The minimum absolute atomic E-state index is 0.0560. The van der Waals surface area contributed by atoms with Crippen LogP contribution in [0.15, 0.2) is 29.4 Å². The van der Waals surface area contributed by atoms with Gasteiger partial charge >= 0.3 is 0 Å². The first-order valence-corrected chi connectivity index (χ1v) is 10.9. The highest BCUT2D eigenvalue weighted by molar-refractivity contribution is 6.31. The second-order valence-electron chi connectivity index (χ2n) is 7.97. The van der Waals surface area contributed by atoms with Gasteiger partial charge in [0.1, 0.15) is 12.4 Å². The first-order chi connectivity index (χ1) is 14.1. The molecular formula is C21H28ClN5O2. The molecule has 0 spiro atoms. The number of carbonyl (C=O) groups is 2. The maximum atomic E-state index is 13.2. The third-order valence-corrected chi connectivity index (χ3v) is 6.45. The van der Waals surface area contributed by atoms with Crippen LogP contribution in [0.3, 0.4) is 0 Å². The number of hydrogen-bond donors (Lipinski definition) is 2. The van der Waals surface area contributed by atoms with Gasteiger partial charge in [0.05, 0.1) is 12.1 Å². The maximum Gasteiger partial charge on any atom is 0.268 e. The van der Waals surface area contributed by atoms with E-state index < -0.39 is 6.17 Å². The van der Waals surface area contributed by atoms with Crippen molar-refractivity contribution in [3.05, 3.63) is 34.9 Å². The van der Waals surface area contributed by atoms with E-state index in [0.29, 0.717) is 11.6 Å². The zero-order valence-corrected chi connectivity index (χ0v) is 17.5. The molecule has 1 saturated carbocycles. The molecular weight excluding hydrogens is 390 g/mol. The van der Waals surface area contributed by atoms with Crippen LogP contribution in [0.2, 0.25) is 5.02 Å². The number of fused-ring (bicyclic) bond motifs is 3. The summed E-state index contributed by atoms with van der Waals surface area (Å²) in [4.78, 5) is 29.8. The lowest BCUT2D eigenvalue weighted by Gasteiger charge is -2.51. The highest BCUT2D eigenvalue weighted by Gasteiger charge is 2.50. The fourth-order valence-electron chi connectivity index (χ4n) is 4.71. The van der Waals surface area contributed by atoms with Gasteiger partial charge < -0.3 is 15.1 Å². The normalized spacial score (nSPS) is 25.8. The summed E-state index contributed by atoms with van der Waals surface area (Å²) in [6.45, 7) is 2.54. The van der Waals surface area contributed by atoms with Gasteiger partial charge in [-0.15, -0.1) is 0 Å². The molecule has 2 aliphatic heterocycles. The summed E-state index contributed by atoms with van der Waals surface area (Å²) in [5.74, 6) is 0.755. The van der Waals surface area contributed by atoms with E-state index in [4.69, 9.17) is 11.6 Å². The summed E-state index contributed by atoms with van der Waals surface area (Å²) in [5, 5.41) is 7.98. The van der Waals surface area contributed by atoms with E-state index in [1.807, 2.05) is 18.2 Å². The lowest BCUT2D eigenvalue weighted by Crippen LogP contribution is -2.70. The zero-order valence-electron chi connectivity index (χ0n) is 16.7. The Hall–Kier alpha value is -2.28. The molecule has 0 radical (unpaired) electrons. The van der Waals surface area contributed by atoms with Gasteiger partial charge in [0.25, 0.3) is 5.91 Å². The molecule has 1 aliphatic carbocycles. The summed E-state index contributed by atoms with van der Waals surface area (Å²) in [7, 11) is 0. The topological polar surface area (TPSA) is 77.0 Å². The van der Waals surface area contributed by atoms with Gasteiger partial charge in [-0.3, -0.25) is 15.0 Å². The lowest BCUT2D eigenvalue weighted by atomic mass is 9.85. The van der Waals surface area contributed by atoms with Crippen molar-refractivity contribution in [3.8, 4) is 0 Å². The number of nitrogens with zero attached hydrogens (tertiary/aromatic N) is 3. The Labute approximate surface area is 176 Å². The molecule has 2 fully saturated rings. The average Bonchev–Trinajstić information content (AvgIpc) is 3.15. The molecule has 3 aliphatic rings. The fraction of sp³-hybridized carbons (Fsp3) is 0.571. The standard InChI is InChI=1S/C21H28ClN5O2/c1-2-7-18-24-25-20-21(29)26(16-10-5-6-11-17(16)27(18)20)13-19(28)23-12-14-8-3-4-9-15(14)22/h3-4,8-9,16-17,20,25H,2,5-7,10-13H2,1H3,(H,23,28). The van der Waals surface area contributed by atoms with Gasteiger partial charge in [-0.25, -0.2) is 0 Å². The highest BCUT2D eigenvalue weighted by Crippen LogP contribution is 2.35. The van der Waals surface area contributed by atoms with Crippen LogP contribution in [0.25, 0.3) is 0 Å². The average molecular weight is 418 g/mol. The Bertz CT molecular complexity index is 814. The summed E-state index contributed by atoms with van der Waals surface area (Å²) in [6, 6.07) is 7.72. The monoisotopic (exact) mass is 417 g/mol. The van der Waals surface area contributed by atoms with Crippen molar-refractivity contribution in [3.63, 3.8) is 0 Å². The van der Waals surface area contributed by atoms with E-state index in [0.717, 1.165) is 49.9 Å². The van der Waals surface area contributed by atoms with Crippen molar-refractivity contribution < 1.29 is 9.59 Å². The smallest absolute Gasteiger partial charge is 0.268 e. The minimum Gasteiger partial charge on any atom is -0.350 e. The molecule has 1 saturated heterocycles. The van der Waals surface area contributed by atoms with Crippen LogP contribution >= 0.6 is 11.6 Å². The minimum atomic E-state index is -0.479. The molecule has 2 amide bonds. The van der Waals surface area contributed by atoms with Gasteiger partial charge in [0.2, 0.25) is 5.91 Å². The fourth-order valence-corrected chi connectivity index (χ4v) is 4.91. The second kappa shape index (κ2) is 8.61. The third kappa shape index (κ3) is 3.92. The van der Waals surface area contributed by atoms with Crippen LogP contribution in [0.4, 0.5) is 0 Å². The highest BCUT2D eigenvalue weighted by atomic mass is 35.5. The van der Waals surface area contributed by atoms with Crippen molar-refractivity contribution in [2.45, 2.75) is 70.2 Å². The molecule has 2 heterocycles. The first-order valence-electron chi connectivity index (χ1n) is 10.5. The van der Waals surface area contributed by atoms with Crippen molar-refractivity contribution in [2.75, 3.05) is 6.54 Å². The summed E-state index contributed by atoms with van der Waals surface area (Å²) in [6.07, 6.45) is 5.55. The van der Waals surface area contributed by atoms with Crippen LogP contribution < -0.4 is 10.7 Å². The molecule has 4 rings (SSSR count). The Morgan fingerprint density at radius 1 is 1.28 bits per heavy atom. The number of rotatable bonds is 6. The van der Waals surface area contributed by atoms with Crippen molar-refractivity contribution >= 4 is 29.3 Å². The SMILES string of the molecule is CCCC1=NNC2C(=O)N(CC(=O)NCc3ccccc3Cl)C3CCCCC3N12. The Kier molecular flexibility index (Phi) is 5.94. The van der Waals surface area contributed by atoms with Crippen molar-refractivity contribution in [1.29, 1.82) is 0 Å². The van der Waals surface area contributed by atoms with Gasteiger partial charge in [0.15, 0.2) is 6.17 Å². The van der Waals surface area contributed by atoms with Crippen LogP contribution in [-0.2, 0) is 16.1 Å². The second-order valence-corrected chi connectivity index (χ2v) is 8.38. The number of piperazine rings is 1. The molecule has 156 valence electrons. The molecule has 0 aromatic heterocycles. The molecule has 29 heavy (non-hydrogen) atoms. The van der Waals surface area contributed by atoms with E-state index in [-0.39, 0.29) is 30.4 Å². The van der Waals surface area contributed by atoms with Crippen molar-refractivity contribution in [1.82, 2.24) is 20.5 Å². The molecule has 1 aromatic carbocycles. The molecule has 7 nitrogen and oxygen atoms in total. The number of benzene rings is 1. The largest absolute Gasteiger partial charge is 0.350 e. The first kappa shape index (κ1) is 20.0. The van der Waals surface area contributed by atoms with E-state index in [9.17, 15) is 9.59 Å². The van der Waals surface area contributed by atoms with Crippen LogP contribution in [0.1, 0.15) is 51.0 Å². The zero-order chi connectivity index (χ0) is 20.4. The van der Waals surface area contributed by atoms with Crippen LogP contribution in [0, 0.1) is 0 Å². The van der Waals surface area contributed by atoms with E-state index in [2.05, 4.69) is 27.7 Å². The van der Waals surface area contributed by atoms with Gasteiger partial charge in [-0.1, -0.05) is 49.6 Å².